The van der Waals surface area contributed by atoms with Crippen molar-refractivity contribution in [3.8, 4) is 0 Å². The van der Waals surface area contributed by atoms with Gasteiger partial charge in [0.2, 0.25) is 0 Å². The predicted molar refractivity (Wildman–Crippen MR) is 6.44 cm³/mol. The van der Waals surface area contributed by atoms with Gasteiger partial charge in [0.1, 0.15) is 0 Å². The fourth-order valence-corrected chi connectivity index (χ4v) is 0. The fourth-order valence-electron chi connectivity index (χ4n) is 0. The number of rotatable bonds is 0. The average molecular weight is 182 g/mol. The Labute approximate surface area is 77.7 Å². The molecule has 0 aliphatic rings. The van der Waals surface area contributed by atoms with Gasteiger partial charge in [-0.05, 0) is 0 Å². The molecule has 0 saturated carbocycles. The standard InChI is InChI=1S/4ClH.Mg.O/h4*1H;;/q;;;;2*+2/p-4. The van der Waals surface area contributed by atoms with E-state index in [4.69, 9.17) is 0 Å². The van der Waals surface area contributed by atoms with Crippen LogP contribution in [0.15, 0.2) is 0 Å². The Balaban J connectivity index is 0. The molecule has 1 nitrogen and oxygen atoms in total. The van der Waals surface area contributed by atoms with Crippen LogP contribution in [0.25, 0.3) is 0 Å². The topological polar surface area (TPSA) is 28.5 Å². The first kappa shape index (κ1) is 105. The van der Waals surface area contributed by atoms with Crippen LogP contribution < -0.4 is 49.6 Å². The van der Waals surface area contributed by atoms with Crippen molar-refractivity contribution < 1.29 is 55.1 Å². The van der Waals surface area contributed by atoms with E-state index in [2.05, 4.69) is 0 Å². The van der Waals surface area contributed by atoms with Crippen LogP contribution in [0.3, 0.4) is 0 Å². The van der Waals surface area contributed by atoms with Gasteiger partial charge in [-0.3, -0.25) is 0 Å². The Kier molecular flexibility index (Phi) is 1170. The smallest absolute Gasteiger partial charge is 1.00 e. The third-order valence-electron chi connectivity index (χ3n) is 0. The Morgan fingerprint density at radius 1 is 0.500 bits per heavy atom. The predicted octanol–water partition coefficient (Wildman–Crippen LogP) is -12.5. The molecular weight excluding hydrogens is 182 g/mol. The minimum absolute atomic E-state index is 0. The quantitative estimate of drug-likeness (QED) is 0.333. The second-order valence-electron chi connectivity index (χ2n) is 0. The molecule has 0 aliphatic heterocycles. The van der Waals surface area contributed by atoms with Crippen LogP contribution in [0.2, 0.25) is 0 Å². The van der Waals surface area contributed by atoms with Gasteiger partial charge in [-0.25, -0.2) is 0 Å². The maximum atomic E-state index is 0. The first-order valence-electron chi connectivity index (χ1n) is 0. The third kappa shape index (κ3) is 39.5. The Morgan fingerprint density at radius 2 is 0.500 bits per heavy atom. The van der Waals surface area contributed by atoms with Crippen molar-refractivity contribution >= 4 is 23.1 Å². The summed E-state index contributed by atoms with van der Waals surface area (Å²) in [6.07, 6.45) is 0. The number of hydrogen-bond donors (Lipinski definition) is 0. The van der Waals surface area contributed by atoms with Gasteiger partial charge in [-0.2, -0.15) is 0 Å². The average Bonchev–Trinajstić information content (AvgIpc) is 0. The molecule has 4 radical (unpaired) electrons. The monoisotopic (exact) mass is 180 g/mol. The molecule has 0 unspecified atom stereocenters. The molecule has 0 spiro atoms. The van der Waals surface area contributed by atoms with Crippen LogP contribution >= 0.6 is 0 Å². The maximum absolute atomic E-state index is 0. The van der Waals surface area contributed by atoms with E-state index in [0.717, 1.165) is 0 Å². The van der Waals surface area contributed by atoms with Crippen molar-refractivity contribution in [1.82, 2.24) is 0 Å². The molecule has 0 aliphatic carbocycles. The number of hydrogen-bond acceptors (Lipinski definition) is 0. The van der Waals surface area contributed by atoms with E-state index in [-0.39, 0.29) is 78.2 Å². The summed E-state index contributed by atoms with van der Waals surface area (Å²) < 4.78 is 0. The summed E-state index contributed by atoms with van der Waals surface area (Å²) in [4.78, 5) is 0. The fraction of sp³-hybridized carbons (Fsp3) is 0. The van der Waals surface area contributed by atoms with Gasteiger partial charge in [0.05, 0.1) is 0 Å². The van der Waals surface area contributed by atoms with Crippen LogP contribution in [0.5, 0.6) is 0 Å². The summed E-state index contributed by atoms with van der Waals surface area (Å²) in [6, 6.07) is 0. The van der Waals surface area contributed by atoms with Crippen molar-refractivity contribution in [3.05, 3.63) is 0 Å². The van der Waals surface area contributed by atoms with Crippen LogP contribution in [-0.4, -0.2) is 23.1 Å². The van der Waals surface area contributed by atoms with Gasteiger partial charge >= 0.3 is 28.5 Å². The van der Waals surface area contributed by atoms with Crippen molar-refractivity contribution in [3.63, 3.8) is 0 Å². The zero-order chi connectivity index (χ0) is 0. The van der Waals surface area contributed by atoms with E-state index in [9.17, 15) is 0 Å². The molecule has 0 N–H and O–H groups in total. The molecule has 36 valence electrons. The van der Waals surface area contributed by atoms with Crippen LogP contribution in [0.4, 0.5) is 0 Å². The van der Waals surface area contributed by atoms with E-state index >= 15 is 0 Å². The Hall–Kier alpha value is 1.89. The summed E-state index contributed by atoms with van der Waals surface area (Å²) in [6.45, 7) is 0. The summed E-state index contributed by atoms with van der Waals surface area (Å²) in [7, 11) is 0. The van der Waals surface area contributed by atoms with Crippen molar-refractivity contribution in [2.24, 2.45) is 0 Å². The second kappa shape index (κ2) is 67.1. The van der Waals surface area contributed by atoms with E-state index in [0.29, 0.717) is 0 Å². The van der Waals surface area contributed by atoms with E-state index < -0.39 is 0 Å². The molecule has 0 atom stereocenters. The van der Waals surface area contributed by atoms with E-state index in [1.54, 1.807) is 0 Å². The normalized spacial score (nSPS) is 0. The first-order valence-corrected chi connectivity index (χ1v) is 0. The van der Waals surface area contributed by atoms with Gasteiger partial charge in [0.25, 0.3) is 0 Å². The van der Waals surface area contributed by atoms with Gasteiger partial charge in [-0.1, -0.05) is 0 Å². The minimum atomic E-state index is 0. The van der Waals surface area contributed by atoms with Crippen molar-refractivity contribution in [2.45, 2.75) is 0 Å². The molecule has 0 aromatic heterocycles. The van der Waals surface area contributed by atoms with Gasteiger partial charge < -0.3 is 49.6 Å². The van der Waals surface area contributed by atoms with Crippen LogP contribution in [0.1, 0.15) is 0 Å². The Morgan fingerprint density at radius 3 is 0.500 bits per heavy atom. The van der Waals surface area contributed by atoms with Crippen molar-refractivity contribution in [1.29, 1.82) is 0 Å². The molecule has 6 heteroatoms. The largest absolute Gasteiger partial charge is 2.00 e. The summed E-state index contributed by atoms with van der Waals surface area (Å²) in [5.74, 6) is 0. The van der Waals surface area contributed by atoms with Crippen LogP contribution in [-0.2, 0) is 5.48 Å². The number of halogens is 4. The van der Waals surface area contributed by atoms with Crippen molar-refractivity contribution in [2.75, 3.05) is 0 Å². The zero-order valence-electron chi connectivity index (χ0n) is 2.63. The molecular formula is Cl4MgO. The second-order valence-corrected chi connectivity index (χ2v) is 0. The molecule has 0 aromatic rings. The maximum Gasteiger partial charge on any atom is 2.00 e. The molecule has 0 heterocycles. The molecule has 0 amide bonds. The molecule has 0 bridgehead atoms. The molecule has 6 heavy (non-hydrogen) atoms. The first-order chi connectivity index (χ1) is 0. The van der Waals surface area contributed by atoms with Gasteiger partial charge in [-0.15, -0.1) is 0 Å². The molecule has 0 aromatic carbocycles. The minimum Gasteiger partial charge on any atom is -1.00 e. The SMILES string of the molecule is [Cl-].[Cl-].[Cl-].[Cl-].[Mg+2].[O+2]. The summed E-state index contributed by atoms with van der Waals surface area (Å²) in [5.41, 5.74) is 0. The van der Waals surface area contributed by atoms with E-state index in [1.807, 2.05) is 0 Å². The summed E-state index contributed by atoms with van der Waals surface area (Å²) >= 11 is 0. The Bertz CT molecular complexity index is 7.51. The third-order valence-corrected chi connectivity index (χ3v) is 0. The zero-order valence-corrected chi connectivity index (χ0v) is 7.07. The van der Waals surface area contributed by atoms with Gasteiger partial charge in [0.15, 0.2) is 0 Å². The van der Waals surface area contributed by atoms with Crippen LogP contribution in [0, 0.1) is 0 Å². The molecule has 0 saturated heterocycles. The van der Waals surface area contributed by atoms with E-state index in [1.165, 1.54) is 0 Å². The summed E-state index contributed by atoms with van der Waals surface area (Å²) in [5, 5.41) is 0. The molecule has 0 fully saturated rings. The van der Waals surface area contributed by atoms with Gasteiger partial charge in [0, 0.05) is 0 Å². The molecule has 0 rings (SSSR count).